The van der Waals surface area contributed by atoms with E-state index in [2.05, 4.69) is 50.2 Å². The maximum Gasteiger partial charge on any atom is 0.217 e. The molecule has 134 valence electrons. The maximum absolute atomic E-state index is 5.95. The number of hydrogen-bond donors (Lipinski definition) is 1. The van der Waals surface area contributed by atoms with Crippen LogP contribution in [0.5, 0.6) is 0 Å². The molecule has 1 aliphatic rings. The van der Waals surface area contributed by atoms with Gasteiger partial charge in [-0.05, 0) is 48.6 Å². The average Bonchev–Trinajstić information content (AvgIpc) is 3.04. The minimum absolute atomic E-state index is 0.570. The van der Waals surface area contributed by atoms with Crippen LogP contribution in [0.1, 0.15) is 0 Å². The molecule has 5 nitrogen and oxygen atoms in total. The van der Waals surface area contributed by atoms with Gasteiger partial charge in [-0.3, -0.25) is 10.00 Å². The topological polar surface area (TPSA) is 40.1 Å². The molecule has 4 rings (SSSR count). The zero-order chi connectivity index (χ0) is 17.9. The van der Waals surface area contributed by atoms with Gasteiger partial charge in [0.25, 0.3) is 0 Å². The maximum atomic E-state index is 5.95. The van der Waals surface area contributed by atoms with Crippen molar-refractivity contribution in [2.75, 3.05) is 31.1 Å². The van der Waals surface area contributed by atoms with Crippen molar-refractivity contribution in [3.05, 3.63) is 64.4 Å². The first-order chi connectivity index (χ1) is 12.7. The molecule has 1 fully saturated rings. The van der Waals surface area contributed by atoms with Gasteiger partial charge in [-0.2, -0.15) is 4.98 Å². The molecular weight excluding hydrogens is 366 g/mol. The van der Waals surface area contributed by atoms with Crippen LogP contribution in [-0.2, 0) is 6.67 Å². The molecule has 7 heteroatoms. The van der Waals surface area contributed by atoms with Crippen molar-refractivity contribution in [3.8, 4) is 11.4 Å². The van der Waals surface area contributed by atoms with Crippen molar-refractivity contribution in [2.45, 2.75) is 6.67 Å². The fourth-order valence-corrected chi connectivity index (χ4v) is 3.50. The molecule has 1 saturated heterocycles. The summed E-state index contributed by atoms with van der Waals surface area (Å²) in [5, 5.41) is 4.02. The lowest BCUT2D eigenvalue weighted by molar-refractivity contribution is 0.194. The second kappa shape index (κ2) is 7.61. The SMILES string of the molecule is S=c1nc(-c2ccc(Cl)cc2)[nH]n1CN1CCN(c2ccccc2)CC1. The number of aromatic nitrogens is 3. The Kier molecular flexibility index (Phi) is 5.06. The summed E-state index contributed by atoms with van der Waals surface area (Å²) >= 11 is 11.4. The van der Waals surface area contributed by atoms with Crippen molar-refractivity contribution >= 4 is 29.5 Å². The molecule has 26 heavy (non-hydrogen) atoms. The van der Waals surface area contributed by atoms with Crippen LogP contribution in [0.4, 0.5) is 5.69 Å². The van der Waals surface area contributed by atoms with Crippen molar-refractivity contribution in [2.24, 2.45) is 0 Å². The van der Waals surface area contributed by atoms with Gasteiger partial charge in [0.1, 0.15) is 0 Å². The molecule has 0 spiro atoms. The van der Waals surface area contributed by atoms with Crippen LogP contribution >= 0.6 is 23.8 Å². The van der Waals surface area contributed by atoms with Gasteiger partial charge in [0, 0.05) is 42.5 Å². The summed E-state index contributed by atoms with van der Waals surface area (Å²) < 4.78 is 2.50. The van der Waals surface area contributed by atoms with Crippen LogP contribution in [0.15, 0.2) is 54.6 Å². The first-order valence-corrected chi connectivity index (χ1v) is 9.43. The van der Waals surface area contributed by atoms with E-state index in [9.17, 15) is 0 Å². The average molecular weight is 386 g/mol. The molecule has 1 aliphatic heterocycles. The van der Waals surface area contributed by atoms with Gasteiger partial charge < -0.3 is 4.90 Å². The molecule has 0 unspecified atom stereocenters. The van der Waals surface area contributed by atoms with E-state index in [0.29, 0.717) is 9.79 Å². The monoisotopic (exact) mass is 385 g/mol. The smallest absolute Gasteiger partial charge is 0.217 e. The number of H-pyrrole nitrogens is 1. The Bertz CT molecular complexity index is 911. The quantitative estimate of drug-likeness (QED) is 0.688. The summed E-state index contributed by atoms with van der Waals surface area (Å²) in [4.78, 5) is 9.29. The predicted octanol–water partition coefficient (Wildman–Crippen LogP) is 4.04. The standard InChI is InChI=1S/C19H20ClN5S/c20-16-8-6-15(7-9-16)18-21-19(26)25(22-18)14-23-10-12-24(13-11-23)17-4-2-1-3-5-17/h1-9H,10-14H2,(H,21,22,26). The van der Waals surface area contributed by atoms with E-state index in [1.165, 1.54) is 5.69 Å². The van der Waals surface area contributed by atoms with E-state index >= 15 is 0 Å². The normalized spacial score (nSPS) is 15.3. The van der Waals surface area contributed by atoms with Gasteiger partial charge in [-0.25, -0.2) is 4.68 Å². The second-order valence-electron chi connectivity index (χ2n) is 6.37. The number of nitrogens with one attached hydrogen (secondary N) is 1. The highest BCUT2D eigenvalue weighted by Gasteiger charge is 2.18. The van der Waals surface area contributed by atoms with Gasteiger partial charge in [0.2, 0.25) is 4.77 Å². The zero-order valence-electron chi connectivity index (χ0n) is 14.3. The third-order valence-electron chi connectivity index (χ3n) is 4.63. The number of piperazine rings is 1. The Balaban J connectivity index is 1.41. The lowest BCUT2D eigenvalue weighted by Gasteiger charge is -2.35. The lowest BCUT2D eigenvalue weighted by atomic mass is 10.2. The van der Waals surface area contributed by atoms with Crippen LogP contribution in [0.3, 0.4) is 0 Å². The largest absolute Gasteiger partial charge is 0.369 e. The van der Waals surface area contributed by atoms with E-state index in [1.54, 1.807) is 0 Å². The van der Waals surface area contributed by atoms with Gasteiger partial charge in [-0.1, -0.05) is 29.8 Å². The third-order valence-corrected chi connectivity index (χ3v) is 5.20. The fourth-order valence-electron chi connectivity index (χ4n) is 3.18. The molecule has 3 aromatic rings. The molecule has 0 aliphatic carbocycles. The van der Waals surface area contributed by atoms with Crippen molar-refractivity contribution in [1.82, 2.24) is 19.7 Å². The van der Waals surface area contributed by atoms with Crippen molar-refractivity contribution in [3.63, 3.8) is 0 Å². The number of benzene rings is 2. The summed E-state index contributed by atoms with van der Waals surface area (Å²) in [7, 11) is 0. The Hall–Kier alpha value is -2.15. The molecule has 2 heterocycles. The number of aromatic amines is 1. The van der Waals surface area contributed by atoms with E-state index in [0.717, 1.165) is 44.2 Å². The van der Waals surface area contributed by atoms with Crippen LogP contribution in [0.2, 0.25) is 5.02 Å². The first-order valence-electron chi connectivity index (χ1n) is 8.64. The van der Waals surface area contributed by atoms with Crippen LogP contribution in [0, 0.1) is 4.77 Å². The lowest BCUT2D eigenvalue weighted by Crippen LogP contribution is -2.46. The van der Waals surface area contributed by atoms with Crippen LogP contribution in [-0.4, -0.2) is 45.8 Å². The van der Waals surface area contributed by atoms with Crippen molar-refractivity contribution in [1.29, 1.82) is 0 Å². The van der Waals surface area contributed by atoms with Gasteiger partial charge in [-0.15, -0.1) is 0 Å². The summed E-state index contributed by atoms with van der Waals surface area (Å²) in [6.45, 7) is 4.73. The molecule has 0 atom stereocenters. The first kappa shape index (κ1) is 17.3. The Morgan fingerprint density at radius 2 is 1.65 bits per heavy atom. The Morgan fingerprint density at radius 3 is 2.35 bits per heavy atom. The number of rotatable bonds is 4. The molecule has 0 saturated carbocycles. The number of nitrogens with zero attached hydrogens (tertiary/aromatic N) is 4. The molecular formula is C19H20ClN5S. The van der Waals surface area contributed by atoms with E-state index in [-0.39, 0.29) is 0 Å². The number of hydrogen-bond acceptors (Lipinski definition) is 4. The molecule has 0 bridgehead atoms. The summed E-state index contributed by atoms with van der Waals surface area (Å²) in [5.41, 5.74) is 2.27. The molecule has 0 radical (unpaired) electrons. The highest BCUT2D eigenvalue weighted by atomic mass is 35.5. The number of anilines is 1. The molecule has 1 aromatic heterocycles. The molecule has 2 aromatic carbocycles. The number of para-hydroxylation sites is 1. The predicted molar refractivity (Wildman–Crippen MR) is 108 cm³/mol. The van der Waals surface area contributed by atoms with E-state index < -0.39 is 0 Å². The summed E-state index contributed by atoms with van der Waals surface area (Å²) in [5.74, 6) is 0.773. The third kappa shape index (κ3) is 3.82. The fraction of sp³-hybridized carbons (Fsp3) is 0.263. The summed E-state index contributed by atoms with van der Waals surface area (Å²) in [6.07, 6.45) is 0. The highest BCUT2D eigenvalue weighted by Crippen LogP contribution is 2.19. The van der Waals surface area contributed by atoms with Crippen LogP contribution < -0.4 is 4.90 Å². The zero-order valence-corrected chi connectivity index (χ0v) is 15.9. The minimum atomic E-state index is 0.570. The van der Waals surface area contributed by atoms with Crippen LogP contribution in [0.25, 0.3) is 11.4 Å². The Labute approximate surface area is 162 Å². The number of halogens is 1. The minimum Gasteiger partial charge on any atom is -0.369 e. The Morgan fingerprint density at radius 1 is 0.962 bits per heavy atom. The van der Waals surface area contributed by atoms with E-state index in [4.69, 9.17) is 23.8 Å². The van der Waals surface area contributed by atoms with Gasteiger partial charge in [0.15, 0.2) is 5.82 Å². The molecule has 1 N–H and O–H groups in total. The molecule has 0 amide bonds. The summed E-state index contributed by atoms with van der Waals surface area (Å²) in [6, 6.07) is 18.2. The second-order valence-corrected chi connectivity index (χ2v) is 7.17. The van der Waals surface area contributed by atoms with Gasteiger partial charge in [0.05, 0.1) is 6.67 Å². The van der Waals surface area contributed by atoms with E-state index in [1.807, 2.05) is 28.9 Å². The highest BCUT2D eigenvalue weighted by molar-refractivity contribution is 7.71. The van der Waals surface area contributed by atoms with Gasteiger partial charge >= 0.3 is 0 Å². The van der Waals surface area contributed by atoms with Crippen molar-refractivity contribution < 1.29 is 0 Å².